The summed E-state index contributed by atoms with van der Waals surface area (Å²) in [7, 11) is -29.9. The van der Waals surface area contributed by atoms with Crippen LogP contribution in [0.4, 0.5) is 5.69 Å². The molecule has 0 spiro atoms. The summed E-state index contributed by atoms with van der Waals surface area (Å²) in [6, 6.07) is 9.76. The number of benzene rings is 2. The zero-order valence-electron chi connectivity index (χ0n) is 84.0. The lowest BCUT2D eigenvalue weighted by Gasteiger charge is -2.30. The molecule has 60 nitrogen and oxygen atoms in total. The third kappa shape index (κ3) is 35.5. The number of hydrogen-bond acceptors (Lipinski definition) is 45. The van der Waals surface area contributed by atoms with Gasteiger partial charge in [-0.3, -0.25) is 47.9 Å². The predicted octanol–water partition coefficient (Wildman–Crippen LogP) is -14.2. The molecule has 2 aromatic carbocycles. The molecule has 1 saturated carbocycles. The van der Waals surface area contributed by atoms with Crippen LogP contribution in [0.3, 0.4) is 0 Å². The molecule has 45 N–H and O–H groups in total. The van der Waals surface area contributed by atoms with Gasteiger partial charge in [0.2, 0.25) is 0 Å². The van der Waals surface area contributed by atoms with Crippen molar-refractivity contribution in [3.63, 3.8) is 0 Å². The highest BCUT2D eigenvalue weighted by Gasteiger charge is 2.61. The zero-order valence-corrected chi connectivity index (χ0v) is 88.1. The van der Waals surface area contributed by atoms with Crippen molar-refractivity contribution in [3.05, 3.63) is 66.2 Å². The molecule has 0 radical (unpaired) electrons. The van der Waals surface area contributed by atoms with Gasteiger partial charge in [0.05, 0.1) is 42.4 Å². The molecule has 1 aliphatic carbocycles. The number of nitrogens with zero attached hydrogens (tertiary/aromatic N) is 10. The van der Waals surface area contributed by atoms with Crippen LogP contribution < -0.4 is 90.3 Å². The Hall–Kier alpha value is -7.99. The van der Waals surface area contributed by atoms with Gasteiger partial charge in [-0.2, -0.15) is 67.9 Å². The molecule has 2 aromatic rings. The Labute approximate surface area is 873 Å². The summed E-state index contributed by atoms with van der Waals surface area (Å²) < 4.78 is 140. The summed E-state index contributed by atoms with van der Waals surface area (Å²) in [5, 5.41) is 138. The normalized spacial score (nSPS) is 23.8. The van der Waals surface area contributed by atoms with E-state index in [4.69, 9.17) is 136 Å². The van der Waals surface area contributed by atoms with Crippen molar-refractivity contribution in [1.82, 2.24) is 38.7 Å². The van der Waals surface area contributed by atoms with E-state index >= 15 is 0 Å². The third-order valence-corrected chi connectivity index (χ3v) is 35.6. The molecule has 0 aromatic heterocycles. The lowest BCUT2D eigenvalue weighted by molar-refractivity contribution is -0.145. The number of carbonyl (C=O) groups excluding carboxylic acids is 5. The number of nitrogens with two attached hydrogens (primary N) is 15. The van der Waals surface area contributed by atoms with Gasteiger partial charge in [0, 0.05) is 147 Å². The van der Waals surface area contributed by atoms with E-state index in [1.807, 2.05) is 6.92 Å². The van der Waals surface area contributed by atoms with Crippen LogP contribution in [0.25, 0.3) is 0 Å². The van der Waals surface area contributed by atoms with Gasteiger partial charge in [-0.25, -0.2) is 17.2 Å². The Morgan fingerprint density at radius 1 is 0.353 bits per heavy atom. The molecule has 5 amide bonds. The number of hydrogen-bond donors (Lipinski definition) is 30. The quantitative estimate of drug-likeness (QED) is 0.0274. The van der Waals surface area contributed by atoms with Crippen molar-refractivity contribution in [2.24, 2.45) is 127 Å². The Morgan fingerprint density at radius 2 is 0.593 bits per heavy atom. The van der Waals surface area contributed by atoms with Gasteiger partial charge in [-0.15, -0.1) is 0 Å². The summed E-state index contributed by atoms with van der Waals surface area (Å²) in [5.41, 5.74) is 77.0. The molecule has 8 rings (SSSR count). The van der Waals surface area contributed by atoms with Crippen LogP contribution in [0, 0.1) is 41.4 Å². The first-order chi connectivity index (χ1) is 69.5. The first-order valence-corrected chi connectivity index (χ1v) is 55.4. The van der Waals surface area contributed by atoms with E-state index in [9.17, 15) is 116 Å². The van der Waals surface area contributed by atoms with Crippen molar-refractivity contribution in [3.8, 4) is 0 Å². The Bertz CT molecular complexity index is 5260. The summed E-state index contributed by atoms with van der Waals surface area (Å²) in [5.74, 6) is -15.4. The highest BCUT2D eigenvalue weighted by Crippen LogP contribution is 2.41. The maximum Gasteiger partial charge on any atom is 0.451 e. The molecule has 70 heteroatoms. The Balaban J connectivity index is 0.000000390. The second-order valence-electron chi connectivity index (χ2n) is 38.6. The van der Waals surface area contributed by atoms with Crippen molar-refractivity contribution < 1.29 is 166 Å². The van der Waals surface area contributed by atoms with Gasteiger partial charge >= 0.3 is 116 Å². The lowest BCUT2D eigenvalue weighted by Crippen LogP contribution is -2.57. The first kappa shape index (κ1) is 134. The molecule has 5 aliphatic heterocycles. The molecule has 0 bridgehead atoms. The van der Waals surface area contributed by atoms with Crippen LogP contribution in [-0.2, 0) is 106 Å². The van der Waals surface area contributed by atoms with Crippen LogP contribution in [-0.4, -0.2) is 427 Å². The number of anilines is 1. The van der Waals surface area contributed by atoms with E-state index in [1.165, 1.54) is 24.3 Å². The molecular formula is C80H152B5N25O35S5. The van der Waals surface area contributed by atoms with E-state index in [-0.39, 0.29) is 205 Å². The topological polar surface area (TPSA) is 1070 Å². The Kier molecular flexibility index (Phi) is 52.6. The lowest BCUT2D eigenvalue weighted by atomic mass is 9.78. The molecular weight excluding hydrogens is 2090 g/mol. The van der Waals surface area contributed by atoms with Crippen LogP contribution in [0.15, 0.2) is 60.7 Å². The van der Waals surface area contributed by atoms with E-state index in [1.54, 1.807) is 50.2 Å². The smallest absolute Gasteiger partial charge is 0.451 e. The van der Waals surface area contributed by atoms with Gasteiger partial charge in [-0.1, -0.05) is 108 Å². The SMILES string of the molecule is CC(C)CN(C(=O)C(N)CN)S(=O)(=O)N1C[C@H](CCCB(O)O)[C@](N)(C(=O)O)C1.CCCCN(C(=O)C(N)CN)S(=O)(=O)N1C[C@H](CCCB(O)O)[C@](N)(C(=O)O)C1.NCC(N)C(=O)N(CC1CC1)S(=O)(=O)N1C[C@H](CCCB(O)O)[C@](N)(C(=O)O)C1.NCC(N)C(=O)N(Cc1ccccc1)S(=O)(=O)N1C[C@H](CCCB(O)O)[C@](N)(C(=O)O)C1.NCC(N)C(=O)N(c1ccccc1)S(=O)(=O)N1C[C@H](CCCB(O)O)[C@](N)(C(=O)O)C1. The van der Waals surface area contributed by atoms with E-state index < -0.39 is 266 Å². The minimum absolute atomic E-state index is 0.00224. The van der Waals surface area contributed by atoms with Gasteiger partial charge in [0.15, 0.2) is 0 Å². The molecule has 6 fully saturated rings. The fourth-order valence-electron chi connectivity index (χ4n) is 17.2. The van der Waals surface area contributed by atoms with Gasteiger partial charge in [-0.05, 0) is 112 Å². The molecule has 5 saturated heterocycles. The Morgan fingerprint density at radius 3 is 0.853 bits per heavy atom. The van der Waals surface area contributed by atoms with Crippen LogP contribution in [0.1, 0.15) is 116 Å². The predicted molar refractivity (Wildman–Crippen MR) is 548 cm³/mol. The second kappa shape index (κ2) is 58.7. The number of carboxylic acids is 5. The average molecular weight is 2240 g/mol. The largest absolute Gasteiger partial charge is 0.480 e. The van der Waals surface area contributed by atoms with Crippen LogP contribution in [0.2, 0.25) is 31.6 Å². The number of amides is 5. The van der Waals surface area contributed by atoms with Crippen molar-refractivity contribution >= 4 is 152 Å². The number of rotatable bonds is 55. The number of carboxylic acid groups (broad SMARTS) is 5. The highest BCUT2D eigenvalue weighted by atomic mass is 32.2. The standard InChI is InChI=1S/C18H30BN5O7S.C17H28BN5O7S.C15H30BN5O7S.2C15H32BN5O7S/c20-9-15(21)16(25)24(10-13-5-2-1-3-6-13)32(30,31)23-11-14(7-4-8-19(28)29)18(22,12-23)17(26)27;19-9-14(20)15(24)23(13-6-2-1-3-7-13)31(29,30)22-10-12(5-4-8-18(27)28)17(21,11-22)16(25)26;17-6-12(18)13(22)21(7-10-3-4-10)29(27,28)20-8-11(2-1-5-16(25)26)15(19,9-20)14(23)24;1-10(2)7-21(13(22)12(18)6-17)29(27,28)20-8-11(4-3-5-16(25)26)15(19,9-20)14(23)24;1-2-3-7-21(13(22)12(18)8-17)29(27,28)20-9-11(5-4-6-16(25)26)15(19,10-20)14(23)24/h1-3,5-6,14-15,28-29H,4,7-12,20-22H2,(H,26,27);1-3,6-7,12,14,27-28H,4-5,8-11,19-21H2,(H,25,26);10-12,25-26H,1-9,17-19H2,(H,23,24);10-12,25-26H,3-9,17-19H2,1-2H3,(H,23,24);11-12,25-26H,2-10,17-19H2,1H3,(H,23,24)/t14-,15?,18-;12-,14?,17-;3*11-,12?,15-/m00000/s1. The fraction of sp³-hybridized carbons (Fsp3) is 0.725. The first-order valence-electron chi connectivity index (χ1n) is 48.4. The third-order valence-electron chi connectivity index (χ3n) is 26.6. The average Bonchev–Trinajstić information content (AvgIpc) is 1.61. The summed E-state index contributed by atoms with van der Waals surface area (Å²) in [4.78, 5) is 122. The van der Waals surface area contributed by atoms with Crippen molar-refractivity contribution in [1.29, 1.82) is 0 Å². The molecule has 6 aliphatic rings. The molecule has 15 atom stereocenters. The summed E-state index contributed by atoms with van der Waals surface area (Å²) in [6.07, 6.45) is 4.64. The van der Waals surface area contributed by atoms with E-state index in [2.05, 4.69) is 0 Å². The van der Waals surface area contributed by atoms with Crippen molar-refractivity contribution in [2.75, 3.05) is 122 Å². The van der Waals surface area contributed by atoms with Gasteiger partial charge in [0.1, 0.15) is 27.7 Å². The zero-order chi connectivity index (χ0) is 114. The molecule has 5 unspecified atom stereocenters. The van der Waals surface area contributed by atoms with Crippen LogP contribution in [0.5, 0.6) is 0 Å². The highest BCUT2D eigenvalue weighted by molar-refractivity contribution is 7.91. The van der Waals surface area contributed by atoms with Crippen molar-refractivity contribution in [2.45, 2.75) is 207 Å². The monoisotopic (exact) mass is 2240 g/mol. The van der Waals surface area contributed by atoms with E-state index in [0.29, 0.717) is 39.9 Å². The fourth-order valence-corrected chi connectivity index (χ4v) is 26.0. The second-order valence-corrected chi connectivity index (χ2v) is 47.8. The maximum absolute atomic E-state index is 13.4. The summed E-state index contributed by atoms with van der Waals surface area (Å²) in [6.45, 7) is -0.346. The summed E-state index contributed by atoms with van der Waals surface area (Å²) >= 11 is 0. The number of aliphatic carboxylic acids is 5. The van der Waals surface area contributed by atoms with Gasteiger partial charge < -0.3 is 162 Å². The number of para-hydroxylation sites is 1. The number of carbonyl (C=O) groups is 10. The molecule has 150 heavy (non-hydrogen) atoms. The maximum atomic E-state index is 13.4. The minimum Gasteiger partial charge on any atom is -0.480 e. The van der Waals surface area contributed by atoms with Crippen LogP contribution >= 0.6 is 0 Å². The minimum atomic E-state index is -4.55. The molecule has 5 heterocycles. The van der Waals surface area contributed by atoms with Gasteiger partial charge in [0.25, 0.3) is 29.5 Å². The number of unbranched alkanes of at least 4 members (excludes halogenated alkanes) is 1. The van der Waals surface area contributed by atoms with E-state index in [0.717, 1.165) is 34.4 Å². The molecule has 852 valence electrons.